The zero-order valence-corrected chi connectivity index (χ0v) is 21.7. The number of sulfonamides is 1. The van der Waals surface area contributed by atoms with Gasteiger partial charge in [-0.3, -0.25) is 4.79 Å². The number of hydrogen-bond acceptors (Lipinski definition) is 6. The highest BCUT2D eigenvalue weighted by Crippen LogP contribution is 2.21. The van der Waals surface area contributed by atoms with Gasteiger partial charge in [0.2, 0.25) is 10.0 Å². The van der Waals surface area contributed by atoms with Crippen molar-refractivity contribution >= 4 is 43.5 Å². The Morgan fingerprint density at radius 3 is 2.31 bits per heavy atom. The molecule has 0 unspecified atom stereocenters. The van der Waals surface area contributed by atoms with Crippen molar-refractivity contribution in [3.05, 3.63) is 94.3 Å². The van der Waals surface area contributed by atoms with Crippen molar-refractivity contribution in [2.45, 2.75) is 24.9 Å². The van der Waals surface area contributed by atoms with Gasteiger partial charge in [0.1, 0.15) is 0 Å². The first-order valence-corrected chi connectivity index (χ1v) is 13.4. The lowest BCUT2D eigenvalue weighted by Crippen LogP contribution is -2.26. The summed E-state index contributed by atoms with van der Waals surface area (Å²) in [5, 5.41) is 0. The maximum atomic E-state index is 13.0. The van der Waals surface area contributed by atoms with Crippen LogP contribution in [0.4, 0.5) is 0 Å². The molecule has 1 amide bonds. The molecule has 3 aromatic carbocycles. The summed E-state index contributed by atoms with van der Waals surface area (Å²) in [6, 6.07) is 20.3. The number of amides is 1. The third-order valence-corrected chi connectivity index (χ3v) is 8.53. The Hall–Kier alpha value is -3.60. The molecule has 0 saturated heterocycles. The van der Waals surface area contributed by atoms with Crippen LogP contribution in [0.1, 0.15) is 33.2 Å². The van der Waals surface area contributed by atoms with Crippen LogP contribution in [0.25, 0.3) is 10.2 Å². The van der Waals surface area contributed by atoms with Crippen LogP contribution >= 0.6 is 11.3 Å². The molecule has 0 spiro atoms. The van der Waals surface area contributed by atoms with E-state index in [0.717, 1.165) is 15.8 Å². The third kappa shape index (κ3) is 5.15. The first kappa shape index (κ1) is 25.5. The second-order valence-electron chi connectivity index (χ2n) is 7.99. The van der Waals surface area contributed by atoms with Crippen molar-refractivity contribution in [1.82, 2.24) is 8.87 Å². The van der Waals surface area contributed by atoms with Crippen molar-refractivity contribution < 1.29 is 22.7 Å². The minimum atomic E-state index is -3.73. The van der Waals surface area contributed by atoms with Crippen molar-refractivity contribution in [3.63, 3.8) is 0 Å². The molecule has 4 aromatic rings. The first-order valence-electron chi connectivity index (χ1n) is 11.2. The number of thiazole rings is 1. The maximum Gasteiger partial charge on any atom is 0.337 e. The van der Waals surface area contributed by atoms with Crippen LogP contribution in [-0.2, 0) is 27.8 Å². The van der Waals surface area contributed by atoms with Crippen LogP contribution in [0.2, 0.25) is 0 Å². The average molecular weight is 524 g/mol. The number of carbonyl (C=O) groups excluding carboxylic acids is 2. The van der Waals surface area contributed by atoms with E-state index in [1.807, 2.05) is 41.8 Å². The lowest BCUT2D eigenvalue weighted by Gasteiger charge is -2.17. The highest BCUT2D eigenvalue weighted by molar-refractivity contribution is 7.89. The molecule has 0 fully saturated rings. The van der Waals surface area contributed by atoms with Gasteiger partial charge in [-0.15, -0.1) is 0 Å². The number of carbonyl (C=O) groups is 2. The highest BCUT2D eigenvalue weighted by Gasteiger charge is 2.21. The molecule has 186 valence electrons. The second kappa shape index (κ2) is 10.6. The predicted molar refractivity (Wildman–Crippen MR) is 138 cm³/mol. The Labute approximate surface area is 213 Å². The van der Waals surface area contributed by atoms with Gasteiger partial charge in [-0.2, -0.15) is 9.30 Å². The molecule has 0 aliphatic rings. The van der Waals surface area contributed by atoms with Gasteiger partial charge in [-0.05, 0) is 55.0 Å². The smallest absolute Gasteiger partial charge is 0.337 e. The number of ether oxygens (including phenoxy) is 1. The number of fused-ring (bicyclic) bond motifs is 1. The van der Waals surface area contributed by atoms with E-state index >= 15 is 0 Å². The van der Waals surface area contributed by atoms with Gasteiger partial charge in [-0.25, -0.2) is 13.2 Å². The highest BCUT2D eigenvalue weighted by atomic mass is 32.2. The van der Waals surface area contributed by atoms with Crippen LogP contribution in [0.15, 0.2) is 82.7 Å². The van der Waals surface area contributed by atoms with Crippen molar-refractivity contribution in [2.24, 2.45) is 4.99 Å². The Balaban J connectivity index is 1.60. The second-order valence-corrected chi connectivity index (χ2v) is 11.0. The summed E-state index contributed by atoms with van der Waals surface area (Å²) < 4.78 is 34.7. The van der Waals surface area contributed by atoms with Crippen molar-refractivity contribution in [2.75, 3.05) is 14.2 Å². The first-order chi connectivity index (χ1) is 17.2. The Bertz CT molecular complexity index is 1590. The van der Waals surface area contributed by atoms with Gasteiger partial charge in [0.15, 0.2) is 4.80 Å². The molecule has 4 rings (SSSR count). The molecule has 0 bridgehead atoms. The summed E-state index contributed by atoms with van der Waals surface area (Å²) >= 11 is 1.29. The summed E-state index contributed by atoms with van der Waals surface area (Å²) in [6.45, 7) is 2.75. The number of methoxy groups -OCH3 is 1. The summed E-state index contributed by atoms with van der Waals surface area (Å²) in [5.41, 5.74) is 2.42. The molecule has 0 N–H and O–H groups in total. The maximum absolute atomic E-state index is 13.0. The summed E-state index contributed by atoms with van der Waals surface area (Å²) in [4.78, 5) is 29.6. The minimum Gasteiger partial charge on any atom is -0.465 e. The van der Waals surface area contributed by atoms with Gasteiger partial charge in [-0.1, -0.05) is 41.7 Å². The molecule has 0 aliphatic heterocycles. The molecular formula is C26H25N3O5S2. The Morgan fingerprint density at radius 2 is 1.67 bits per heavy atom. The number of rotatable bonds is 7. The van der Waals surface area contributed by atoms with Crippen LogP contribution < -0.4 is 4.80 Å². The number of aromatic nitrogens is 1. The van der Waals surface area contributed by atoms with Crippen LogP contribution in [0.5, 0.6) is 0 Å². The van der Waals surface area contributed by atoms with E-state index in [0.29, 0.717) is 16.9 Å². The van der Waals surface area contributed by atoms with Gasteiger partial charge in [0.05, 0.1) is 27.8 Å². The fraction of sp³-hybridized carbons (Fsp3) is 0.192. The lowest BCUT2D eigenvalue weighted by molar-refractivity contribution is 0.0600. The number of hydrogen-bond donors (Lipinski definition) is 0. The van der Waals surface area contributed by atoms with E-state index in [4.69, 9.17) is 4.74 Å². The largest absolute Gasteiger partial charge is 0.465 e. The summed E-state index contributed by atoms with van der Waals surface area (Å²) in [5.74, 6) is -0.925. The van der Waals surface area contributed by atoms with Gasteiger partial charge in [0, 0.05) is 25.7 Å². The SMILES string of the molecule is CCn1c(=NC(=O)c2ccc(S(=O)(=O)N(C)Cc3ccccc3)cc2)sc2cc(C(=O)OC)ccc21. The van der Waals surface area contributed by atoms with Gasteiger partial charge in [0.25, 0.3) is 5.91 Å². The van der Waals surface area contributed by atoms with Crippen molar-refractivity contribution in [3.8, 4) is 0 Å². The molecule has 10 heteroatoms. The molecule has 0 saturated carbocycles. The van der Waals surface area contributed by atoms with Gasteiger partial charge < -0.3 is 9.30 Å². The molecular weight excluding hydrogens is 498 g/mol. The third-order valence-electron chi connectivity index (χ3n) is 5.67. The molecule has 0 aliphatic carbocycles. The van der Waals surface area contributed by atoms with Crippen LogP contribution in [-0.4, -0.2) is 43.3 Å². The van der Waals surface area contributed by atoms with Crippen LogP contribution in [0, 0.1) is 0 Å². The normalized spacial score (nSPS) is 12.3. The molecule has 0 atom stereocenters. The zero-order valence-electron chi connectivity index (χ0n) is 20.0. The Morgan fingerprint density at radius 1 is 1.00 bits per heavy atom. The molecule has 1 heterocycles. The average Bonchev–Trinajstić information content (AvgIpc) is 3.24. The zero-order chi connectivity index (χ0) is 25.9. The summed E-state index contributed by atoms with van der Waals surface area (Å²) in [7, 11) is -0.883. The van der Waals surface area contributed by atoms with Crippen LogP contribution in [0.3, 0.4) is 0 Å². The molecule has 8 nitrogen and oxygen atoms in total. The quantitative estimate of drug-likeness (QED) is 0.340. The number of aryl methyl sites for hydroxylation is 1. The Kier molecular flexibility index (Phi) is 7.48. The van der Waals surface area contributed by atoms with E-state index < -0.39 is 21.9 Å². The van der Waals surface area contributed by atoms with E-state index in [9.17, 15) is 18.0 Å². The van der Waals surface area contributed by atoms with E-state index in [1.54, 1.807) is 18.2 Å². The number of benzene rings is 3. The topological polar surface area (TPSA) is 98.0 Å². The molecule has 1 aromatic heterocycles. The predicted octanol–water partition coefficient (Wildman–Crippen LogP) is 4.07. The van der Waals surface area contributed by atoms with E-state index in [2.05, 4.69) is 4.99 Å². The molecule has 0 radical (unpaired) electrons. The van der Waals surface area contributed by atoms with E-state index in [1.165, 1.54) is 54.1 Å². The van der Waals surface area contributed by atoms with E-state index in [-0.39, 0.29) is 17.0 Å². The fourth-order valence-electron chi connectivity index (χ4n) is 3.74. The number of nitrogens with zero attached hydrogens (tertiary/aromatic N) is 3. The fourth-order valence-corrected chi connectivity index (χ4v) is 6.03. The molecule has 36 heavy (non-hydrogen) atoms. The number of esters is 1. The van der Waals surface area contributed by atoms with Crippen molar-refractivity contribution in [1.29, 1.82) is 0 Å². The standard InChI is InChI=1S/C26H25N3O5S2/c1-4-29-22-15-12-20(25(31)34-3)16-23(22)35-26(29)27-24(30)19-10-13-21(14-11-19)36(32,33)28(2)17-18-8-6-5-7-9-18/h5-16H,4,17H2,1-3H3. The minimum absolute atomic E-state index is 0.0957. The van der Waals surface area contributed by atoms with Gasteiger partial charge >= 0.3 is 5.97 Å². The summed E-state index contributed by atoms with van der Waals surface area (Å²) in [6.07, 6.45) is 0. The monoisotopic (exact) mass is 523 g/mol. The lowest BCUT2D eigenvalue weighted by atomic mass is 10.2.